The molecular weight excluding hydrogens is 224 g/mol. The Morgan fingerprint density at radius 1 is 1.17 bits per heavy atom. The van der Waals surface area contributed by atoms with Gasteiger partial charge >= 0.3 is 0 Å². The Morgan fingerprint density at radius 3 is 2.44 bits per heavy atom. The topological polar surface area (TPSA) is 41.1 Å². The van der Waals surface area contributed by atoms with Crippen molar-refractivity contribution < 1.29 is 4.79 Å². The molecule has 3 nitrogen and oxygen atoms in total. The number of hydrogen-bond acceptors (Lipinski definition) is 2. The van der Waals surface area contributed by atoms with Gasteiger partial charge in [-0.2, -0.15) is 0 Å². The van der Waals surface area contributed by atoms with E-state index in [1.165, 1.54) is 0 Å². The summed E-state index contributed by atoms with van der Waals surface area (Å²) >= 11 is 0. The molecule has 0 aliphatic carbocycles. The number of carbonyl (C=O) groups excluding carboxylic acids is 1. The monoisotopic (exact) mass is 248 g/mol. The van der Waals surface area contributed by atoms with Gasteiger partial charge in [-0.05, 0) is 25.0 Å². The molecule has 1 aromatic rings. The third-order valence-corrected chi connectivity index (χ3v) is 3.24. The van der Waals surface area contributed by atoms with Gasteiger partial charge in [0, 0.05) is 18.8 Å². The molecule has 2 N–H and O–H groups in total. The van der Waals surface area contributed by atoms with Crippen molar-refractivity contribution in [3.63, 3.8) is 0 Å². The summed E-state index contributed by atoms with van der Waals surface area (Å²) in [6.07, 6.45) is 2.21. The Hall–Kier alpha value is -1.51. The first-order valence-corrected chi connectivity index (χ1v) is 6.83. The van der Waals surface area contributed by atoms with Crippen molar-refractivity contribution in [1.29, 1.82) is 0 Å². The van der Waals surface area contributed by atoms with Crippen molar-refractivity contribution in [2.75, 3.05) is 18.4 Å². The minimum Gasteiger partial charge on any atom is -0.385 e. The van der Waals surface area contributed by atoms with Crippen LogP contribution in [-0.4, -0.2) is 19.0 Å². The number of benzene rings is 1. The highest BCUT2D eigenvalue weighted by Gasteiger charge is 2.11. The summed E-state index contributed by atoms with van der Waals surface area (Å²) in [5, 5.41) is 6.23. The molecule has 0 unspecified atom stereocenters. The van der Waals surface area contributed by atoms with Crippen molar-refractivity contribution >= 4 is 11.6 Å². The number of nitrogens with one attached hydrogen (secondary N) is 2. The largest absolute Gasteiger partial charge is 0.385 e. The minimum absolute atomic E-state index is 0.0125. The number of para-hydroxylation sites is 1. The van der Waals surface area contributed by atoms with Crippen LogP contribution in [0.25, 0.3) is 0 Å². The van der Waals surface area contributed by atoms with Gasteiger partial charge in [-0.1, -0.05) is 38.8 Å². The van der Waals surface area contributed by atoms with E-state index >= 15 is 0 Å². The molecule has 1 aromatic carbocycles. The summed E-state index contributed by atoms with van der Waals surface area (Å²) in [5.41, 5.74) is 1.63. The Labute approximate surface area is 110 Å². The molecule has 100 valence electrons. The summed E-state index contributed by atoms with van der Waals surface area (Å²) in [6, 6.07) is 7.64. The molecule has 0 saturated heterocycles. The highest BCUT2D eigenvalue weighted by Crippen LogP contribution is 2.15. The van der Waals surface area contributed by atoms with Gasteiger partial charge in [0.25, 0.3) is 5.91 Å². The number of carbonyl (C=O) groups is 1. The molecule has 0 saturated carbocycles. The van der Waals surface area contributed by atoms with Gasteiger partial charge < -0.3 is 10.6 Å². The SMILES string of the molecule is CCNc1ccccc1C(=O)NCC(CC)CC. The minimum atomic E-state index is 0.0125. The van der Waals surface area contributed by atoms with Crippen LogP contribution in [0.15, 0.2) is 24.3 Å². The first kappa shape index (κ1) is 14.6. The van der Waals surface area contributed by atoms with Gasteiger partial charge in [0.2, 0.25) is 0 Å². The van der Waals surface area contributed by atoms with Gasteiger partial charge in [-0.3, -0.25) is 4.79 Å². The van der Waals surface area contributed by atoms with E-state index in [0.717, 1.165) is 37.2 Å². The molecular formula is C15H24N2O. The highest BCUT2D eigenvalue weighted by atomic mass is 16.1. The molecule has 0 bridgehead atoms. The Kier molecular flexibility index (Phi) is 6.26. The van der Waals surface area contributed by atoms with E-state index in [2.05, 4.69) is 24.5 Å². The lowest BCUT2D eigenvalue weighted by Crippen LogP contribution is -2.29. The molecule has 1 rings (SSSR count). The van der Waals surface area contributed by atoms with E-state index in [4.69, 9.17) is 0 Å². The van der Waals surface area contributed by atoms with Crippen molar-refractivity contribution in [3.8, 4) is 0 Å². The summed E-state index contributed by atoms with van der Waals surface area (Å²) in [7, 11) is 0. The molecule has 0 aliphatic rings. The second-order valence-corrected chi connectivity index (χ2v) is 4.47. The fourth-order valence-electron chi connectivity index (χ4n) is 1.94. The maximum absolute atomic E-state index is 12.1. The predicted octanol–water partition coefficient (Wildman–Crippen LogP) is 3.28. The zero-order chi connectivity index (χ0) is 13.4. The van der Waals surface area contributed by atoms with Gasteiger partial charge in [0.15, 0.2) is 0 Å². The van der Waals surface area contributed by atoms with E-state index in [1.807, 2.05) is 31.2 Å². The molecule has 0 aliphatic heterocycles. The van der Waals surface area contributed by atoms with Crippen LogP contribution in [0, 0.1) is 5.92 Å². The number of anilines is 1. The van der Waals surface area contributed by atoms with E-state index in [9.17, 15) is 4.79 Å². The zero-order valence-electron chi connectivity index (χ0n) is 11.6. The molecule has 0 spiro atoms. The number of hydrogen-bond donors (Lipinski definition) is 2. The lowest BCUT2D eigenvalue weighted by Gasteiger charge is -2.15. The Balaban J connectivity index is 2.66. The van der Waals surface area contributed by atoms with Crippen LogP contribution in [0.4, 0.5) is 5.69 Å². The summed E-state index contributed by atoms with van der Waals surface area (Å²) < 4.78 is 0. The van der Waals surface area contributed by atoms with Gasteiger partial charge in [-0.25, -0.2) is 0 Å². The molecule has 1 amide bonds. The van der Waals surface area contributed by atoms with Crippen LogP contribution < -0.4 is 10.6 Å². The van der Waals surface area contributed by atoms with Gasteiger partial charge in [0.05, 0.1) is 5.56 Å². The lowest BCUT2D eigenvalue weighted by molar-refractivity contribution is 0.0947. The molecule has 0 heterocycles. The smallest absolute Gasteiger partial charge is 0.253 e. The zero-order valence-corrected chi connectivity index (χ0v) is 11.6. The van der Waals surface area contributed by atoms with E-state index in [1.54, 1.807) is 0 Å². The molecule has 3 heteroatoms. The average molecular weight is 248 g/mol. The number of amides is 1. The van der Waals surface area contributed by atoms with E-state index < -0.39 is 0 Å². The van der Waals surface area contributed by atoms with Crippen LogP contribution in [0.3, 0.4) is 0 Å². The quantitative estimate of drug-likeness (QED) is 0.777. The maximum Gasteiger partial charge on any atom is 0.253 e. The van der Waals surface area contributed by atoms with Crippen LogP contribution in [0.5, 0.6) is 0 Å². The molecule has 18 heavy (non-hydrogen) atoms. The van der Waals surface area contributed by atoms with E-state index in [0.29, 0.717) is 5.92 Å². The van der Waals surface area contributed by atoms with Gasteiger partial charge in [-0.15, -0.1) is 0 Å². The van der Waals surface area contributed by atoms with Crippen molar-refractivity contribution in [2.45, 2.75) is 33.6 Å². The van der Waals surface area contributed by atoms with E-state index in [-0.39, 0.29) is 5.91 Å². The van der Waals surface area contributed by atoms with Crippen LogP contribution in [0.1, 0.15) is 44.0 Å². The van der Waals surface area contributed by atoms with Crippen molar-refractivity contribution in [2.24, 2.45) is 5.92 Å². The standard InChI is InChI=1S/C15H24N2O/c1-4-12(5-2)11-17-15(18)13-9-7-8-10-14(13)16-6-3/h7-10,12,16H,4-6,11H2,1-3H3,(H,17,18). The fraction of sp³-hybridized carbons (Fsp3) is 0.533. The summed E-state index contributed by atoms with van der Waals surface area (Å²) in [6.45, 7) is 7.92. The molecule has 0 aromatic heterocycles. The molecule has 0 atom stereocenters. The van der Waals surface area contributed by atoms with Crippen molar-refractivity contribution in [3.05, 3.63) is 29.8 Å². The highest BCUT2D eigenvalue weighted by molar-refractivity contribution is 5.99. The first-order chi connectivity index (χ1) is 8.72. The second kappa shape index (κ2) is 7.75. The van der Waals surface area contributed by atoms with Crippen LogP contribution >= 0.6 is 0 Å². The molecule has 0 fully saturated rings. The van der Waals surface area contributed by atoms with Crippen LogP contribution in [-0.2, 0) is 0 Å². The summed E-state index contributed by atoms with van der Waals surface area (Å²) in [4.78, 5) is 12.1. The van der Waals surface area contributed by atoms with Gasteiger partial charge in [0.1, 0.15) is 0 Å². The number of rotatable bonds is 7. The fourth-order valence-corrected chi connectivity index (χ4v) is 1.94. The molecule has 0 radical (unpaired) electrons. The third kappa shape index (κ3) is 4.06. The average Bonchev–Trinajstić information content (AvgIpc) is 2.40. The lowest BCUT2D eigenvalue weighted by atomic mass is 10.0. The Morgan fingerprint density at radius 2 is 1.83 bits per heavy atom. The van der Waals surface area contributed by atoms with Crippen molar-refractivity contribution in [1.82, 2.24) is 5.32 Å². The van der Waals surface area contributed by atoms with Crippen LogP contribution in [0.2, 0.25) is 0 Å². The maximum atomic E-state index is 12.1. The third-order valence-electron chi connectivity index (χ3n) is 3.24. The first-order valence-electron chi connectivity index (χ1n) is 6.83. The predicted molar refractivity (Wildman–Crippen MR) is 77.0 cm³/mol. The normalized spacial score (nSPS) is 10.4. The summed E-state index contributed by atoms with van der Waals surface area (Å²) in [5.74, 6) is 0.582. The second-order valence-electron chi connectivity index (χ2n) is 4.47. The Bertz CT molecular complexity index is 373.